The Labute approximate surface area is 98.6 Å². The summed E-state index contributed by atoms with van der Waals surface area (Å²) in [5, 5.41) is 12.8. The molecule has 1 atom stereocenters. The number of hydrogen-bond donors (Lipinski definition) is 1. The van der Waals surface area contributed by atoms with Crippen LogP contribution in [0.15, 0.2) is 4.52 Å². The van der Waals surface area contributed by atoms with Crippen LogP contribution in [0.5, 0.6) is 0 Å². The summed E-state index contributed by atoms with van der Waals surface area (Å²) >= 11 is 0. The first-order valence-electron chi connectivity index (χ1n) is 6.00. The summed E-state index contributed by atoms with van der Waals surface area (Å²) in [5.74, 6) is 0.960. The standard InChI is InChI=1S/C11H15N3O3/c15-11(16)8-3-4-14(5-8)6-9-12-10(13-17-9)7-1-2-7/h7-8H,1-6H2,(H,15,16). The number of aromatic nitrogens is 2. The third-order valence-corrected chi connectivity index (χ3v) is 3.41. The van der Waals surface area contributed by atoms with E-state index in [0.29, 0.717) is 31.3 Å². The van der Waals surface area contributed by atoms with Gasteiger partial charge in [0.15, 0.2) is 5.82 Å². The molecule has 6 nitrogen and oxygen atoms in total. The molecule has 1 N–H and O–H groups in total. The predicted octanol–water partition coefficient (Wildman–Crippen LogP) is 0.853. The maximum Gasteiger partial charge on any atom is 0.307 e. The maximum absolute atomic E-state index is 10.8. The fourth-order valence-corrected chi connectivity index (χ4v) is 2.21. The van der Waals surface area contributed by atoms with Crippen molar-refractivity contribution in [2.24, 2.45) is 5.92 Å². The van der Waals surface area contributed by atoms with Gasteiger partial charge in [-0.1, -0.05) is 5.16 Å². The molecule has 6 heteroatoms. The van der Waals surface area contributed by atoms with Gasteiger partial charge in [0.05, 0.1) is 12.5 Å². The zero-order chi connectivity index (χ0) is 11.8. The van der Waals surface area contributed by atoms with Crippen molar-refractivity contribution < 1.29 is 14.4 Å². The minimum atomic E-state index is -0.711. The summed E-state index contributed by atoms with van der Waals surface area (Å²) in [6.45, 7) is 1.94. The molecule has 2 fully saturated rings. The van der Waals surface area contributed by atoms with E-state index in [-0.39, 0.29) is 5.92 Å². The lowest BCUT2D eigenvalue weighted by Crippen LogP contribution is -2.22. The Hall–Kier alpha value is -1.43. The van der Waals surface area contributed by atoms with Crippen molar-refractivity contribution in [2.75, 3.05) is 13.1 Å². The lowest BCUT2D eigenvalue weighted by atomic mass is 10.1. The van der Waals surface area contributed by atoms with Crippen LogP contribution in [0.3, 0.4) is 0 Å². The Bertz CT molecular complexity index is 427. The number of carbonyl (C=O) groups is 1. The average Bonchev–Trinajstić information content (AvgIpc) is 2.87. The lowest BCUT2D eigenvalue weighted by molar-refractivity contribution is -0.141. The van der Waals surface area contributed by atoms with E-state index < -0.39 is 5.97 Å². The zero-order valence-electron chi connectivity index (χ0n) is 9.50. The van der Waals surface area contributed by atoms with Crippen LogP contribution in [0.25, 0.3) is 0 Å². The number of aliphatic carboxylic acids is 1. The van der Waals surface area contributed by atoms with Gasteiger partial charge in [-0.05, 0) is 25.8 Å². The van der Waals surface area contributed by atoms with E-state index in [1.807, 2.05) is 0 Å². The molecular weight excluding hydrogens is 222 g/mol. The zero-order valence-corrected chi connectivity index (χ0v) is 9.50. The number of likely N-dealkylation sites (tertiary alicyclic amines) is 1. The molecular formula is C11H15N3O3. The summed E-state index contributed by atoms with van der Waals surface area (Å²) in [7, 11) is 0. The highest BCUT2D eigenvalue weighted by molar-refractivity contribution is 5.70. The minimum Gasteiger partial charge on any atom is -0.481 e. The van der Waals surface area contributed by atoms with Gasteiger partial charge >= 0.3 is 5.97 Å². The molecule has 1 saturated heterocycles. The van der Waals surface area contributed by atoms with Gasteiger partial charge in [0.2, 0.25) is 5.89 Å². The SMILES string of the molecule is O=C(O)C1CCN(Cc2nc(C3CC3)no2)C1. The van der Waals surface area contributed by atoms with Gasteiger partial charge in [0.1, 0.15) is 0 Å². The van der Waals surface area contributed by atoms with E-state index in [2.05, 4.69) is 15.0 Å². The second-order valence-electron chi connectivity index (χ2n) is 4.88. The minimum absolute atomic E-state index is 0.249. The Morgan fingerprint density at radius 3 is 2.94 bits per heavy atom. The van der Waals surface area contributed by atoms with Crippen molar-refractivity contribution in [1.29, 1.82) is 0 Å². The van der Waals surface area contributed by atoms with Crippen molar-refractivity contribution in [3.63, 3.8) is 0 Å². The molecule has 0 radical (unpaired) electrons. The molecule has 3 rings (SSSR count). The molecule has 17 heavy (non-hydrogen) atoms. The molecule has 0 amide bonds. The lowest BCUT2D eigenvalue weighted by Gasteiger charge is -2.11. The monoisotopic (exact) mass is 237 g/mol. The molecule has 2 aliphatic rings. The van der Waals surface area contributed by atoms with Gasteiger partial charge in [0.25, 0.3) is 0 Å². The summed E-state index contributed by atoms with van der Waals surface area (Å²) in [4.78, 5) is 17.2. The summed E-state index contributed by atoms with van der Waals surface area (Å²) in [6.07, 6.45) is 3.02. The van der Waals surface area contributed by atoms with Crippen LogP contribution >= 0.6 is 0 Å². The number of nitrogens with zero attached hydrogens (tertiary/aromatic N) is 3. The van der Waals surface area contributed by atoms with E-state index >= 15 is 0 Å². The van der Waals surface area contributed by atoms with Crippen LogP contribution in [-0.2, 0) is 11.3 Å². The van der Waals surface area contributed by atoms with Crippen molar-refractivity contribution >= 4 is 5.97 Å². The Balaban J connectivity index is 1.57. The molecule has 0 bridgehead atoms. The number of carboxylic acids is 1. The first kappa shape index (κ1) is 10.7. The summed E-state index contributed by atoms with van der Waals surface area (Å²) < 4.78 is 5.17. The first-order chi connectivity index (χ1) is 8.22. The Kier molecular flexibility index (Phi) is 2.58. The van der Waals surface area contributed by atoms with Crippen LogP contribution in [0.1, 0.15) is 36.9 Å². The molecule has 1 aromatic rings. The van der Waals surface area contributed by atoms with Gasteiger partial charge in [-0.3, -0.25) is 9.69 Å². The predicted molar refractivity (Wildman–Crippen MR) is 57.3 cm³/mol. The Morgan fingerprint density at radius 1 is 1.47 bits per heavy atom. The average molecular weight is 237 g/mol. The summed E-state index contributed by atoms with van der Waals surface area (Å²) in [6, 6.07) is 0. The van der Waals surface area contributed by atoms with Crippen molar-refractivity contribution in [1.82, 2.24) is 15.0 Å². The molecule has 1 aromatic heterocycles. The van der Waals surface area contributed by atoms with E-state index in [1.165, 1.54) is 0 Å². The summed E-state index contributed by atoms with van der Waals surface area (Å²) in [5.41, 5.74) is 0. The van der Waals surface area contributed by atoms with E-state index in [4.69, 9.17) is 9.63 Å². The van der Waals surface area contributed by atoms with Crippen LogP contribution in [-0.4, -0.2) is 39.2 Å². The van der Waals surface area contributed by atoms with E-state index in [0.717, 1.165) is 25.2 Å². The number of carboxylic acid groups (broad SMARTS) is 1. The quantitative estimate of drug-likeness (QED) is 0.836. The van der Waals surface area contributed by atoms with Crippen LogP contribution in [0.4, 0.5) is 0 Å². The van der Waals surface area contributed by atoms with Crippen LogP contribution in [0.2, 0.25) is 0 Å². The molecule has 2 heterocycles. The highest BCUT2D eigenvalue weighted by atomic mass is 16.5. The van der Waals surface area contributed by atoms with Gasteiger partial charge in [0, 0.05) is 12.5 Å². The van der Waals surface area contributed by atoms with Crippen molar-refractivity contribution in [3.05, 3.63) is 11.7 Å². The second kappa shape index (κ2) is 4.10. The normalized spacial score (nSPS) is 25.3. The smallest absolute Gasteiger partial charge is 0.307 e. The molecule has 1 aliphatic carbocycles. The Morgan fingerprint density at radius 2 is 2.29 bits per heavy atom. The van der Waals surface area contributed by atoms with Gasteiger partial charge < -0.3 is 9.63 Å². The molecule has 1 unspecified atom stereocenters. The van der Waals surface area contributed by atoms with Crippen LogP contribution in [0, 0.1) is 5.92 Å². The fourth-order valence-electron chi connectivity index (χ4n) is 2.21. The molecule has 1 aliphatic heterocycles. The van der Waals surface area contributed by atoms with Gasteiger partial charge in [-0.15, -0.1) is 0 Å². The van der Waals surface area contributed by atoms with Crippen LogP contribution < -0.4 is 0 Å². The second-order valence-corrected chi connectivity index (χ2v) is 4.88. The molecule has 92 valence electrons. The largest absolute Gasteiger partial charge is 0.481 e. The van der Waals surface area contributed by atoms with Crippen molar-refractivity contribution in [3.8, 4) is 0 Å². The highest BCUT2D eigenvalue weighted by Gasteiger charge is 2.31. The number of hydrogen-bond acceptors (Lipinski definition) is 5. The molecule has 0 aromatic carbocycles. The number of rotatable bonds is 4. The third kappa shape index (κ3) is 2.31. The molecule has 1 saturated carbocycles. The van der Waals surface area contributed by atoms with E-state index in [9.17, 15) is 4.79 Å². The van der Waals surface area contributed by atoms with Gasteiger partial charge in [-0.25, -0.2) is 0 Å². The highest BCUT2D eigenvalue weighted by Crippen LogP contribution is 2.38. The fraction of sp³-hybridized carbons (Fsp3) is 0.727. The topological polar surface area (TPSA) is 79.5 Å². The molecule has 0 spiro atoms. The third-order valence-electron chi connectivity index (χ3n) is 3.41. The van der Waals surface area contributed by atoms with Gasteiger partial charge in [-0.2, -0.15) is 4.98 Å². The van der Waals surface area contributed by atoms with E-state index in [1.54, 1.807) is 0 Å². The first-order valence-corrected chi connectivity index (χ1v) is 6.00. The maximum atomic E-state index is 10.8. The van der Waals surface area contributed by atoms with Crippen molar-refractivity contribution in [2.45, 2.75) is 31.7 Å².